The van der Waals surface area contributed by atoms with Crippen molar-refractivity contribution in [2.24, 2.45) is 0 Å². The van der Waals surface area contributed by atoms with E-state index in [4.69, 9.17) is 9.15 Å². The first-order valence-corrected chi connectivity index (χ1v) is 8.69. The van der Waals surface area contributed by atoms with Crippen molar-refractivity contribution in [3.63, 3.8) is 0 Å². The molecule has 1 aromatic heterocycles. The number of nitrogens with zero attached hydrogens (tertiary/aromatic N) is 1. The molecular formula is C15H16N2O6S. The molecule has 9 heteroatoms. The minimum Gasteiger partial charge on any atom is -0.508 e. The van der Waals surface area contributed by atoms with Gasteiger partial charge in [0.15, 0.2) is 5.76 Å². The molecule has 0 aliphatic carbocycles. The number of carbonyl (C=O) groups is 1. The van der Waals surface area contributed by atoms with Gasteiger partial charge in [0.2, 0.25) is 5.09 Å². The Balaban J connectivity index is 1.74. The third kappa shape index (κ3) is 3.42. The van der Waals surface area contributed by atoms with Crippen LogP contribution in [0.1, 0.15) is 10.6 Å². The summed E-state index contributed by atoms with van der Waals surface area (Å²) < 4.78 is 36.5. The number of hydrogen-bond donors (Lipinski definition) is 2. The van der Waals surface area contributed by atoms with E-state index in [2.05, 4.69) is 5.32 Å². The maximum absolute atomic E-state index is 12.4. The first-order valence-electron chi connectivity index (χ1n) is 7.25. The van der Waals surface area contributed by atoms with Gasteiger partial charge in [-0.3, -0.25) is 4.79 Å². The maximum Gasteiger partial charge on any atom is 0.291 e. The van der Waals surface area contributed by atoms with E-state index in [9.17, 15) is 18.3 Å². The molecule has 2 N–H and O–H groups in total. The molecule has 3 rings (SSSR count). The lowest BCUT2D eigenvalue weighted by Crippen LogP contribution is -2.40. The standard InChI is InChI=1S/C15H16N2O6S/c18-12-3-1-11(2-4-12)16-15(19)13-5-6-14(23-13)24(20,21)17-7-9-22-10-8-17/h1-6,18H,7-10H2,(H,16,19). The number of nitrogens with one attached hydrogen (secondary N) is 1. The first-order chi connectivity index (χ1) is 11.5. The Morgan fingerprint density at radius 3 is 2.42 bits per heavy atom. The Hall–Kier alpha value is -2.36. The molecule has 2 heterocycles. The number of benzene rings is 1. The molecule has 1 amide bonds. The highest BCUT2D eigenvalue weighted by Crippen LogP contribution is 2.21. The van der Waals surface area contributed by atoms with Gasteiger partial charge in [-0.2, -0.15) is 4.31 Å². The predicted octanol–water partition coefficient (Wildman–Crippen LogP) is 1.26. The Morgan fingerprint density at radius 1 is 1.08 bits per heavy atom. The zero-order valence-electron chi connectivity index (χ0n) is 12.6. The average molecular weight is 352 g/mol. The summed E-state index contributed by atoms with van der Waals surface area (Å²) in [7, 11) is -3.78. The van der Waals surface area contributed by atoms with Gasteiger partial charge in [-0.05, 0) is 36.4 Å². The molecule has 1 aromatic carbocycles. The van der Waals surface area contributed by atoms with Crippen molar-refractivity contribution in [1.29, 1.82) is 0 Å². The third-order valence-electron chi connectivity index (χ3n) is 3.49. The Morgan fingerprint density at radius 2 is 1.75 bits per heavy atom. The summed E-state index contributed by atoms with van der Waals surface area (Å²) in [4.78, 5) is 12.1. The molecule has 0 saturated carbocycles. The zero-order valence-corrected chi connectivity index (χ0v) is 13.5. The van der Waals surface area contributed by atoms with Crippen molar-refractivity contribution in [2.75, 3.05) is 31.6 Å². The second kappa shape index (κ2) is 6.63. The highest BCUT2D eigenvalue weighted by atomic mass is 32.2. The first kappa shape index (κ1) is 16.5. The fraction of sp³-hybridized carbons (Fsp3) is 0.267. The summed E-state index contributed by atoms with van der Waals surface area (Å²) in [5.41, 5.74) is 0.451. The van der Waals surface area contributed by atoms with Crippen molar-refractivity contribution in [3.8, 4) is 5.75 Å². The normalized spacial score (nSPS) is 16.0. The van der Waals surface area contributed by atoms with E-state index in [1.54, 1.807) is 0 Å². The monoisotopic (exact) mass is 352 g/mol. The van der Waals surface area contributed by atoms with E-state index >= 15 is 0 Å². The number of carbonyl (C=O) groups excluding carboxylic acids is 1. The minimum absolute atomic E-state index is 0.0740. The van der Waals surface area contributed by atoms with Crippen LogP contribution in [-0.2, 0) is 14.8 Å². The van der Waals surface area contributed by atoms with E-state index in [-0.39, 0.29) is 29.7 Å². The Kier molecular flexibility index (Phi) is 4.56. The van der Waals surface area contributed by atoms with E-state index in [1.165, 1.54) is 40.7 Å². The summed E-state index contributed by atoms with van der Waals surface area (Å²) in [6.45, 7) is 1.15. The van der Waals surface area contributed by atoms with Crippen LogP contribution in [0.25, 0.3) is 0 Å². The topological polar surface area (TPSA) is 109 Å². The van der Waals surface area contributed by atoms with Crippen molar-refractivity contribution in [3.05, 3.63) is 42.2 Å². The van der Waals surface area contributed by atoms with Gasteiger partial charge in [0.25, 0.3) is 15.9 Å². The van der Waals surface area contributed by atoms with Gasteiger partial charge >= 0.3 is 0 Å². The van der Waals surface area contributed by atoms with Gasteiger partial charge in [-0.15, -0.1) is 0 Å². The smallest absolute Gasteiger partial charge is 0.291 e. The molecule has 0 radical (unpaired) electrons. The van der Waals surface area contributed by atoms with Crippen LogP contribution >= 0.6 is 0 Å². The van der Waals surface area contributed by atoms with E-state index in [0.29, 0.717) is 18.9 Å². The number of anilines is 1. The number of rotatable bonds is 4. The minimum atomic E-state index is -3.78. The van der Waals surface area contributed by atoms with E-state index in [0.717, 1.165) is 0 Å². The summed E-state index contributed by atoms with van der Waals surface area (Å²) in [5, 5.41) is 11.5. The Bertz CT molecular complexity index is 822. The largest absolute Gasteiger partial charge is 0.508 e. The van der Waals surface area contributed by atoms with E-state index in [1.807, 2.05) is 0 Å². The fourth-order valence-corrected chi connectivity index (χ4v) is 3.55. The van der Waals surface area contributed by atoms with Gasteiger partial charge in [0, 0.05) is 18.8 Å². The number of aromatic hydroxyl groups is 1. The maximum atomic E-state index is 12.4. The summed E-state index contributed by atoms with van der Waals surface area (Å²) in [6.07, 6.45) is 0. The zero-order chi connectivity index (χ0) is 17.2. The second-order valence-electron chi connectivity index (χ2n) is 5.14. The molecule has 1 fully saturated rings. The molecule has 128 valence electrons. The molecule has 2 aromatic rings. The second-order valence-corrected chi connectivity index (χ2v) is 7.01. The molecule has 0 unspecified atom stereocenters. The van der Waals surface area contributed by atoms with Crippen LogP contribution in [0.15, 0.2) is 45.9 Å². The predicted molar refractivity (Wildman–Crippen MR) is 84.3 cm³/mol. The van der Waals surface area contributed by atoms with Crippen LogP contribution in [-0.4, -0.2) is 50.0 Å². The number of morpholine rings is 1. The molecule has 0 bridgehead atoms. The van der Waals surface area contributed by atoms with Crippen molar-refractivity contribution >= 4 is 21.6 Å². The molecule has 1 saturated heterocycles. The van der Waals surface area contributed by atoms with Gasteiger partial charge < -0.3 is 19.6 Å². The van der Waals surface area contributed by atoms with Crippen LogP contribution in [0.5, 0.6) is 5.75 Å². The quantitative estimate of drug-likeness (QED) is 0.802. The van der Waals surface area contributed by atoms with Crippen molar-refractivity contribution < 1.29 is 27.5 Å². The van der Waals surface area contributed by atoms with E-state index < -0.39 is 15.9 Å². The number of ether oxygens (including phenoxy) is 1. The lowest BCUT2D eigenvalue weighted by Gasteiger charge is -2.24. The molecular weight excluding hydrogens is 336 g/mol. The SMILES string of the molecule is O=C(Nc1ccc(O)cc1)c1ccc(S(=O)(=O)N2CCOCC2)o1. The van der Waals surface area contributed by atoms with Crippen molar-refractivity contribution in [2.45, 2.75) is 5.09 Å². The van der Waals surface area contributed by atoms with Crippen LogP contribution in [0, 0.1) is 0 Å². The number of furan rings is 1. The van der Waals surface area contributed by atoms with Gasteiger partial charge in [0.05, 0.1) is 13.2 Å². The van der Waals surface area contributed by atoms with Crippen molar-refractivity contribution in [1.82, 2.24) is 4.31 Å². The Labute approximate surface area is 138 Å². The molecule has 1 aliphatic rings. The summed E-state index contributed by atoms with van der Waals surface area (Å²) in [6, 6.07) is 8.45. The lowest BCUT2D eigenvalue weighted by molar-refractivity contribution is 0.0723. The van der Waals surface area contributed by atoms with Crippen LogP contribution in [0.4, 0.5) is 5.69 Å². The lowest BCUT2D eigenvalue weighted by atomic mass is 10.3. The fourth-order valence-electron chi connectivity index (χ4n) is 2.23. The number of amides is 1. The molecule has 24 heavy (non-hydrogen) atoms. The highest BCUT2D eigenvalue weighted by molar-refractivity contribution is 7.89. The number of phenols is 1. The highest BCUT2D eigenvalue weighted by Gasteiger charge is 2.30. The van der Waals surface area contributed by atoms with Crippen LogP contribution in [0.3, 0.4) is 0 Å². The summed E-state index contributed by atoms with van der Waals surface area (Å²) >= 11 is 0. The number of phenolic OH excluding ortho intramolecular Hbond substituents is 1. The third-order valence-corrected chi connectivity index (χ3v) is 5.27. The van der Waals surface area contributed by atoms with Gasteiger partial charge in [-0.25, -0.2) is 8.42 Å². The molecule has 0 atom stereocenters. The van der Waals surface area contributed by atoms with Gasteiger partial charge in [-0.1, -0.05) is 0 Å². The van der Waals surface area contributed by atoms with Crippen LogP contribution in [0.2, 0.25) is 0 Å². The molecule has 1 aliphatic heterocycles. The van der Waals surface area contributed by atoms with Gasteiger partial charge in [0.1, 0.15) is 5.75 Å². The number of hydrogen-bond acceptors (Lipinski definition) is 6. The molecule has 0 spiro atoms. The average Bonchev–Trinajstić information content (AvgIpc) is 3.09. The molecule has 8 nitrogen and oxygen atoms in total. The van der Waals surface area contributed by atoms with Crippen LogP contribution < -0.4 is 5.32 Å². The number of sulfonamides is 1. The summed E-state index contributed by atoms with van der Waals surface area (Å²) in [5.74, 6) is -0.621.